The molecular formula is C15H10ClNO3. The fourth-order valence-electron chi connectivity index (χ4n) is 3.09. The summed E-state index contributed by atoms with van der Waals surface area (Å²) in [4.78, 5) is 12.6. The molecule has 3 N–H and O–H groups in total. The number of fused-ring (bicyclic) bond motifs is 5. The molecule has 0 saturated heterocycles. The molecule has 20 heavy (non-hydrogen) atoms. The Morgan fingerprint density at radius 1 is 1.30 bits per heavy atom. The van der Waals surface area contributed by atoms with Gasteiger partial charge in [0.05, 0.1) is 5.56 Å². The van der Waals surface area contributed by atoms with Crippen molar-refractivity contribution in [2.75, 3.05) is 5.73 Å². The number of halogens is 1. The quantitative estimate of drug-likeness (QED) is 0.730. The van der Waals surface area contributed by atoms with Crippen LogP contribution < -0.4 is 10.5 Å². The summed E-state index contributed by atoms with van der Waals surface area (Å²) in [7, 11) is 0. The number of nitrogens with two attached hydrogens (primary N) is 1. The highest BCUT2D eigenvalue weighted by Crippen LogP contribution is 2.56. The van der Waals surface area contributed by atoms with E-state index in [0.717, 1.165) is 0 Å². The van der Waals surface area contributed by atoms with Gasteiger partial charge in [0.2, 0.25) is 5.79 Å². The molecule has 5 heteroatoms. The van der Waals surface area contributed by atoms with Crippen LogP contribution in [0.5, 0.6) is 5.75 Å². The van der Waals surface area contributed by atoms with Gasteiger partial charge < -0.3 is 15.6 Å². The summed E-state index contributed by atoms with van der Waals surface area (Å²) in [6.07, 6.45) is 0. The predicted octanol–water partition coefficient (Wildman–Crippen LogP) is 2.44. The van der Waals surface area contributed by atoms with Crippen molar-refractivity contribution in [3.63, 3.8) is 0 Å². The van der Waals surface area contributed by atoms with E-state index in [9.17, 15) is 9.90 Å². The van der Waals surface area contributed by atoms with Crippen molar-refractivity contribution in [2.45, 2.75) is 11.7 Å². The molecule has 1 heterocycles. The third-order valence-electron chi connectivity index (χ3n) is 3.93. The summed E-state index contributed by atoms with van der Waals surface area (Å²) in [6, 6.07) is 9.99. The number of ether oxygens (including phenoxy) is 1. The lowest BCUT2D eigenvalue weighted by molar-refractivity contribution is -0.134. The molecular weight excluding hydrogens is 278 g/mol. The van der Waals surface area contributed by atoms with E-state index in [1.165, 1.54) is 0 Å². The Morgan fingerprint density at radius 2 is 2.10 bits per heavy atom. The second kappa shape index (κ2) is 3.53. The average Bonchev–Trinajstić information content (AvgIpc) is 2.80. The maximum Gasteiger partial charge on any atom is 0.250 e. The van der Waals surface area contributed by atoms with Crippen LogP contribution in [0.2, 0.25) is 5.02 Å². The number of aliphatic hydroxyl groups is 1. The third kappa shape index (κ3) is 1.23. The Kier molecular flexibility index (Phi) is 2.08. The molecule has 0 bridgehead atoms. The van der Waals surface area contributed by atoms with Crippen molar-refractivity contribution in [3.05, 3.63) is 58.1 Å². The molecule has 2 aromatic carbocycles. The maximum absolute atomic E-state index is 12.6. The number of nitrogen functional groups attached to an aromatic ring is 1. The van der Waals surface area contributed by atoms with Crippen molar-refractivity contribution in [2.24, 2.45) is 0 Å². The summed E-state index contributed by atoms with van der Waals surface area (Å²) in [6.45, 7) is 0. The van der Waals surface area contributed by atoms with Crippen LogP contribution in [0.25, 0.3) is 0 Å². The zero-order valence-electron chi connectivity index (χ0n) is 10.3. The second-order valence-electron chi connectivity index (χ2n) is 5.05. The van der Waals surface area contributed by atoms with E-state index in [1.54, 1.807) is 36.4 Å². The largest absolute Gasteiger partial charge is 0.457 e. The second-order valence-corrected chi connectivity index (χ2v) is 5.48. The van der Waals surface area contributed by atoms with E-state index < -0.39 is 11.7 Å². The lowest BCUT2D eigenvalue weighted by atomic mass is 9.93. The first-order valence-corrected chi connectivity index (χ1v) is 6.54. The van der Waals surface area contributed by atoms with Crippen LogP contribution in [0.15, 0.2) is 36.4 Å². The number of Topliss-reactive ketones (excluding diaryl/α,β-unsaturated/α-hetero) is 1. The molecule has 4 nitrogen and oxygen atoms in total. The van der Waals surface area contributed by atoms with E-state index >= 15 is 0 Å². The first-order chi connectivity index (χ1) is 9.52. The molecule has 100 valence electrons. The topological polar surface area (TPSA) is 72.6 Å². The van der Waals surface area contributed by atoms with Crippen LogP contribution in [0.1, 0.15) is 27.4 Å². The standard InChI is InChI=1S/C15H10ClNO3/c16-7-4-5-8-11(6-7)20-15(19)9-2-1-3-10(17)12(9)14(18)13(8)15/h1-6,13,19H,17H2/t13?,15-/m1/s1. The predicted molar refractivity (Wildman–Crippen MR) is 73.9 cm³/mol. The molecule has 2 atom stereocenters. The Morgan fingerprint density at radius 3 is 2.90 bits per heavy atom. The van der Waals surface area contributed by atoms with Gasteiger partial charge >= 0.3 is 0 Å². The number of anilines is 1. The average molecular weight is 288 g/mol. The van der Waals surface area contributed by atoms with E-state index in [2.05, 4.69) is 0 Å². The molecule has 0 amide bonds. The van der Waals surface area contributed by atoms with Gasteiger partial charge in [-0.05, 0) is 18.2 Å². The first kappa shape index (κ1) is 11.8. The highest BCUT2D eigenvalue weighted by Gasteiger charge is 2.59. The molecule has 1 aliphatic heterocycles. The maximum atomic E-state index is 12.6. The Balaban J connectivity index is 1.99. The van der Waals surface area contributed by atoms with E-state index in [0.29, 0.717) is 33.1 Å². The minimum Gasteiger partial charge on any atom is -0.457 e. The number of hydrogen-bond donors (Lipinski definition) is 2. The van der Waals surface area contributed by atoms with E-state index in [1.807, 2.05) is 0 Å². The Bertz CT molecular complexity index is 774. The number of hydrogen-bond acceptors (Lipinski definition) is 4. The highest BCUT2D eigenvalue weighted by molar-refractivity contribution is 6.30. The number of benzene rings is 2. The van der Waals surface area contributed by atoms with Gasteiger partial charge in [0.1, 0.15) is 11.7 Å². The summed E-state index contributed by atoms with van der Waals surface area (Å²) in [5.74, 6) is -2.25. The monoisotopic (exact) mass is 287 g/mol. The smallest absolute Gasteiger partial charge is 0.250 e. The summed E-state index contributed by atoms with van der Waals surface area (Å²) in [5, 5.41) is 11.3. The van der Waals surface area contributed by atoms with Gasteiger partial charge in [-0.1, -0.05) is 29.8 Å². The lowest BCUT2D eigenvalue weighted by Crippen LogP contribution is -2.32. The van der Waals surface area contributed by atoms with Crippen molar-refractivity contribution in [1.82, 2.24) is 0 Å². The van der Waals surface area contributed by atoms with Gasteiger partial charge in [0.25, 0.3) is 0 Å². The molecule has 0 radical (unpaired) electrons. The third-order valence-corrected chi connectivity index (χ3v) is 4.17. The first-order valence-electron chi connectivity index (χ1n) is 6.16. The van der Waals surface area contributed by atoms with Crippen molar-refractivity contribution >= 4 is 23.1 Å². The van der Waals surface area contributed by atoms with Crippen LogP contribution in [0.3, 0.4) is 0 Å². The Labute approximate surface area is 119 Å². The summed E-state index contributed by atoms with van der Waals surface area (Å²) < 4.78 is 5.65. The minimum absolute atomic E-state index is 0.221. The molecule has 4 rings (SSSR count). The van der Waals surface area contributed by atoms with Crippen LogP contribution in [0, 0.1) is 0 Å². The normalized spacial score (nSPS) is 25.9. The molecule has 2 aliphatic rings. The van der Waals surface area contributed by atoms with Gasteiger partial charge in [-0.25, -0.2) is 0 Å². The van der Waals surface area contributed by atoms with Crippen LogP contribution in [0.4, 0.5) is 5.69 Å². The molecule has 0 aromatic heterocycles. The molecule has 1 aliphatic carbocycles. The summed E-state index contributed by atoms with van der Waals surface area (Å²) >= 11 is 5.92. The van der Waals surface area contributed by atoms with Gasteiger partial charge in [-0.3, -0.25) is 4.79 Å². The van der Waals surface area contributed by atoms with Crippen LogP contribution >= 0.6 is 11.6 Å². The van der Waals surface area contributed by atoms with Gasteiger partial charge in [0.15, 0.2) is 5.78 Å². The molecule has 0 saturated carbocycles. The number of rotatable bonds is 0. The fourth-order valence-corrected chi connectivity index (χ4v) is 3.25. The number of carbonyl (C=O) groups is 1. The highest BCUT2D eigenvalue weighted by atomic mass is 35.5. The van der Waals surface area contributed by atoms with E-state index in [-0.39, 0.29) is 5.78 Å². The zero-order valence-corrected chi connectivity index (χ0v) is 11.0. The molecule has 1 unspecified atom stereocenters. The van der Waals surface area contributed by atoms with Gasteiger partial charge in [0, 0.05) is 21.8 Å². The van der Waals surface area contributed by atoms with Crippen molar-refractivity contribution in [3.8, 4) is 5.75 Å². The number of carbonyl (C=O) groups excluding carboxylic acids is 1. The number of ketones is 1. The minimum atomic E-state index is -1.69. The van der Waals surface area contributed by atoms with Gasteiger partial charge in [-0.15, -0.1) is 0 Å². The summed E-state index contributed by atoms with van der Waals surface area (Å²) in [5.41, 5.74) is 7.62. The SMILES string of the molecule is Nc1cccc2c1C(=O)C1c3ccc(Cl)cc3O[C@]21O. The van der Waals surface area contributed by atoms with Crippen LogP contribution in [-0.4, -0.2) is 10.9 Å². The van der Waals surface area contributed by atoms with Crippen LogP contribution in [-0.2, 0) is 5.79 Å². The van der Waals surface area contributed by atoms with Crippen molar-refractivity contribution in [1.29, 1.82) is 0 Å². The van der Waals surface area contributed by atoms with E-state index in [4.69, 9.17) is 22.1 Å². The fraction of sp³-hybridized carbons (Fsp3) is 0.133. The van der Waals surface area contributed by atoms with Crippen molar-refractivity contribution < 1.29 is 14.6 Å². The Hall–Kier alpha value is -2.04. The molecule has 0 spiro atoms. The van der Waals surface area contributed by atoms with Gasteiger partial charge in [-0.2, -0.15) is 0 Å². The molecule has 0 fully saturated rings. The zero-order chi connectivity index (χ0) is 14.1. The lowest BCUT2D eigenvalue weighted by Gasteiger charge is -2.22. The molecule has 2 aromatic rings.